The number of nitrogens with two attached hydrogens (primary N) is 1. The summed E-state index contributed by atoms with van der Waals surface area (Å²) in [4.78, 5) is 16.8. The maximum Gasteiger partial charge on any atom is 0.225 e. The van der Waals surface area contributed by atoms with Crippen molar-refractivity contribution >= 4 is 17.3 Å². The Balaban J connectivity index is 1.58. The highest BCUT2D eigenvalue weighted by molar-refractivity contribution is 5.79. The van der Waals surface area contributed by atoms with E-state index in [0.29, 0.717) is 30.6 Å². The topological polar surface area (TPSA) is 68.0 Å². The molecular formula is C17H25N3O3. The lowest BCUT2D eigenvalue weighted by Crippen LogP contribution is -2.46. The second-order valence-corrected chi connectivity index (χ2v) is 6.13. The molecule has 0 unspecified atom stereocenters. The van der Waals surface area contributed by atoms with Crippen LogP contribution in [0.25, 0.3) is 0 Å². The minimum Gasteiger partial charge on any atom is -0.495 e. The van der Waals surface area contributed by atoms with Gasteiger partial charge < -0.3 is 25.0 Å². The minimum atomic E-state index is 0.139. The van der Waals surface area contributed by atoms with Crippen LogP contribution in [0.15, 0.2) is 18.2 Å². The molecule has 2 aliphatic heterocycles. The highest BCUT2D eigenvalue weighted by Crippen LogP contribution is 2.30. The number of rotatable bonds is 3. The van der Waals surface area contributed by atoms with E-state index in [0.717, 1.165) is 44.7 Å². The van der Waals surface area contributed by atoms with E-state index < -0.39 is 0 Å². The summed E-state index contributed by atoms with van der Waals surface area (Å²) in [6, 6.07) is 5.86. The van der Waals surface area contributed by atoms with Crippen LogP contribution in [-0.4, -0.2) is 57.3 Å². The number of piperidine rings is 1. The molecule has 0 saturated carbocycles. The Bertz CT molecular complexity index is 550. The van der Waals surface area contributed by atoms with Crippen molar-refractivity contribution in [3.63, 3.8) is 0 Å². The summed E-state index contributed by atoms with van der Waals surface area (Å²) < 4.78 is 10.6. The molecule has 2 aliphatic rings. The van der Waals surface area contributed by atoms with Gasteiger partial charge in [0.25, 0.3) is 0 Å². The Labute approximate surface area is 137 Å². The second kappa shape index (κ2) is 7.08. The van der Waals surface area contributed by atoms with Crippen molar-refractivity contribution in [3.05, 3.63) is 18.2 Å². The van der Waals surface area contributed by atoms with Gasteiger partial charge in [0.1, 0.15) is 5.75 Å². The predicted octanol–water partition coefficient (Wildman–Crippen LogP) is 1.35. The van der Waals surface area contributed by atoms with Gasteiger partial charge in [0.15, 0.2) is 0 Å². The van der Waals surface area contributed by atoms with Crippen LogP contribution in [0.1, 0.15) is 12.8 Å². The van der Waals surface area contributed by atoms with Gasteiger partial charge in [-0.25, -0.2) is 0 Å². The number of anilines is 2. The fourth-order valence-corrected chi connectivity index (χ4v) is 3.32. The molecule has 0 aliphatic carbocycles. The van der Waals surface area contributed by atoms with Crippen LogP contribution in [0.5, 0.6) is 5.75 Å². The van der Waals surface area contributed by atoms with E-state index >= 15 is 0 Å². The highest BCUT2D eigenvalue weighted by atomic mass is 16.5. The Morgan fingerprint density at radius 1 is 1.22 bits per heavy atom. The molecule has 1 amide bonds. The smallest absolute Gasteiger partial charge is 0.225 e. The number of carbonyl (C=O) groups is 1. The van der Waals surface area contributed by atoms with Crippen LogP contribution in [-0.2, 0) is 9.53 Å². The van der Waals surface area contributed by atoms with E-state index in [4.69, 9.17) is 15.2 Å². The number of methoxy groups -OCH3 is 1. The maximum atomic E-state index is 12.6. The summed E-state index contributed by atoms with van der Waals surface area (Å²) in [5, 5.41) is 0. The number of nitrogens with zero attached hydrogens (tertiary/aromatic N) is 2. The van der Waals surface area contributed by atoms with Crippen LogP contribution < -0.4 is 15.4 Å². The van der Waals surface area contributed by atoms with Gasteiger partial charge >= 0.3 is 0 Å². The van der Waals surface area contributed by atoms with Crippen LogP contribution in [0.4, 0.5) is 11.4 Å². The first kappa shape index (κ1) is 15.9. The van der Waals surface area contributed by atoms with Crippen molar-refractivity contribution in [1.29, 1.82) is 0 Å². The molecule has 2 saturated heterocycles. The maximum absolute atomic E-state index is 12.6. The first-order valence-corrected chi connectivity index (χ1v) is 8.24. The molecule has 2 heterocycles. The van der Waals surface area contributed by atoms with Gasteiger partial charge in [-0.05, 0) is 25.0 Å². The number of morpholine rings is 1. The predicted molar refractivity (Wildman–Crippen MR) is 89.7 cm³/mol. The number of hydrogen-bond donors (Lipinski definition) is 1. The fourth-order valence-electron chi connectivity index (χ4n) is 3.32. The molecule has 6 nitrogen and oxygen atoms in total. The van der Waals surface area contributed by atoms with Crippen molar-refractivity contribution in [3.8, 4) is 5.75 Å². The molecule has 1 aromatic rings. The SMILES string of the molecule is COc1cc(N2CCC(C(=O)N3CCOCC3)CC2)ccc1N. The molecule has 2 fully saturated rings. The normalized spacial score (nSPS) is 19.7. The van der Waals surface area contributed by atoms with Crippen molar-refractivity contribution in [2.24, 2.45) is 5.92 Å². The summed E-state index contributed by atoms with van der Waals surface area (Å²) in [6.07, 6.45) is 1.78. The van der Waals surface area contributed by atoms with Gasteiger partial charge in [-0.1, -0.05) is 0 Å². The molecular weight excluding hydrogens is 294 g/mol. The summed E-state index contributed by atoms with van der Waals surface area (Å²) in [5.74, 6) is 1.14. The fraction of sp³-hybridized carbons (Fsp3) is 0.588. The Kier molecular flexibility index (Phi) is 4.91. The molecule has 0 radical (unpaired) electrons. The quantitative estimate of drug-likeness (QED) is 0.852. The monoisotopic (exact) mass is 319 g/mol. The van der Waals surface area contributed by atoms with E-state index in [-0.39, 0.29) is 5.92 Å². The number of amides is 1. The van der Waals surface area contributed by atoms with Gasteiger partial charge in [-0.3, -0.25) is 4.79 Å². The van der Waals surface area contributed by atoms with E-state index in [1.165, 1.54) is 0 Å². The number of nitrogen functional groups attached to an aromatic ring is 1. The average molecular weight is 319 g/mol. The third-order valence-corrected chi connectivity index (χ3v) is 4.75. The van der Waals surface area contributed by atoms with Crippen molar-refractivity contribution < 1.29 is 14.3 Å². The zero-order valence-electron chi connectivity index (χ0n) is 13.7. The standard InChI is InChI=1S/C17H25N3O3/c1-22-16-12-14(2-3-15(16)18)19-6-4-13(5-7-19)17(21)20-8-10-23-11-9-20/h2-3,12-13H,4-11,18H2,1H3. The van der Waals surface area contributed by atoms with Crippen molar-refractivity contribution in [2.45, 2.75) is 12.8 Å². The Hall–Kier alpha value is -1.95. The Morgan fingerprint density at radius 2 is 1.91 bits per heavy atom. The van der Waals surface area contributed by atoms with Crippen molar-refractivity contribution in [2.75, 3.05) is 57.1 Å². The lowest BCUT2D eigenvalue weighted by molar-refractivity contribution is -0.140. The first-order valence-electron chi connectivity index (χ1n) is 8.24. The van der Waals surface area contributed by atoms with E-state index in [2.05, 4.69) is 4.90 Å². The van der Waals surface area contributed by atoms with Gasteiger partial charge in [-0.2, -0.15) is 0 Å². The summed E-state index contributed by atoms with van der Waals surface area (Å²) in [7, 11) is 1.63. The molecule has 23 heavy (non-hydrogen) atoms. The summed E-state index contributed by atoms with van der Waals surface area (Å²) in [6.45, 7) is 4.55. The Morgan fingerprint density at radius 3 is 2.57 bits per heavy atom. The van der Waals surface area contributed by atoms with E-state index in [9.17, 15) is 4.79 Å². The van der Waals surface area contributed by atoms with Crippen LogP contribution in [0, 0.1) is 5.92 Å². The van der Waals surface area contributed by atoms with Gasteiger partial charge in [0, 0.05) is 43.9 Å². The molecule has 0 atom stereocenters. The van der Waals surface area contributed by atoms with E-state index in [1.54, 1.807) is 7.11 Å². The van der Waals surface area contributed by atoms with Crippen LogP contribution in [0.2, 0.25) is 0 Å². The molecule has 0 spiro atoms. The van der Waals surface area contributed by atoms with E-state index in [1.807, 2.05) is 23.1 Å². The van der Waals surface area contributed by atoms with Crippen LogP contribution in [0.3, 0.4) is 0 Å². The van der Waals surface area contributed by atoms with Gasteiger partial charge in [0.05, 0.1) is 26.0 Å². The van der Waals surface area contributed by atoms with Gasteiger partial charge in [0.2, 0.25) is 5.91 Å². The lowest BCUT2D eigenvalue weighted by atomic mass is 9.94. The zero-order chi connectivity index (χ0) is 16.2. The summed E-state index contributed by atoms with van der Waals surface area (Å²) in [5.41, 5.74) is 7.62. The first-order chi connectivity index (χ1) is 11.2. The summed E-state index contributed by atoms with van der Waals surface area (Å²) >= 11 is 0. The molecule has 0 bridgehead atoms. The third kappa shape index (κ3) is 3.52. The zero-order valence-corrected chi connectivity index (χ0v) is 13.7. The minimum absolute atomic E-state index is 0.139. The number of hydrogen-bond acceptors (Lipinski definition) is 5. The number of carbonyl (C=O) groups excluding carboxylic acids is 1. The van der Waals surface area contributed by atoms with Crippen LogP contribution >= 0.6 is 0 Å². The molecule has 0 aromatic heterocycles. The highest BCUT2D eigenvalue weighted by Gasteiger charge is 2.29. The lowest BCUT2D eigenvalue weighted by Gasteiger charge is -2.36. The second-order valence-electron chi connectivity index (χ2n) is 6.13. The van der Waals surface area contributed by atoms with Crippen molar-refractivity contribution in [1.82, 2.24) is 4.90 Å². The van der Waals surface area contributed by atoms with Gasteiger partial charge in [-0.15, -0.1) is 0 Å². The molecule has 1 aromatic carbocycles. The molecule has 6 heteroatoms. The number of benzene rings is 1. The number of ether oxygens (including phenoxy) is 2. The largest absolute Gasteiger partial charge is 0.495 e. The third-order valence-electron chi connectivity index (χ3n) is 4.75. The average Bonchev–Trinajstić information content (AvgIpc) is 2.62. The molecule has 3 rings (SSSR count). The molecule has 126 valence electrons. The molecule has 2 N–H and O–H groups in total.